The van der Waals surface area contributed by atoms with E-state index in [4.69, 9.17) is 0 Å². The Morgan fingerprint density at radius 1 is 0.703 bits per heavy atom. The Hall–Kier alpha value is -4.38. The summed E-state index contributed by atoms with van der Waals surface area (Å²) in [5.41, 5.74) is 4.99. The minimum absolute atomic E-state index is 0.109. The van der Waals surface area contributed by atoms with Gasteiger partial charge in [0.15, 0.2) is 0 Å². The zero-order chi connectivity index (χ0) is 25.9. The van der Waals surface area contributed by atoms with Crippen molar-refractivity contribution in [1.29, 1.82) is 0 Å². The number of nitrogens with one attached hydrogen (secondary N) is 2. The maximum atomic E-state index is 14.0. The van der Waals surface area contributed by atoms with Crippen molar-refractivity contribution in [1.82, 2.24) is 10.2 Å². The highest BCUT2D eigenvalue weighted by molar-refractivity contribution is 5.93. The fourth-order valence-corrected chi connectivity index (χ4v) is 4.21. The fraction of sp³-hybridized carbons (Fsp3) is 0.188. The number of carbonyl (C=O) groups excluding carboxylic acids is 2. The van der Waals surface area contributed by atoms with Gasteiger partial charge in [0, 0.05) is 25.2 Å². The Bertz CT molecular complexity index is 1260. The normalized spacial score (nSPS) is 11.4. The Morgan fingerprint density at radius 2 is 1.24 bits per heavy atom. The van der Waals surface area contributed by atoms with E-state index in [-0.39, 0.29) is 5.91 Å². The molecule has 0 aromatic heterocycles. The van der Waals surface area contributed by atoms with Gasteiger partial charge in [0.2, 0.25) is 5.91 Å². The van der Waals surface area contributed by atoms with Crippen LogP contribution in [0.15, 0.2) is 115 Å². The molecular formula is C32H33N3O2. The smallest absolute Gasteiger partial charge is 0.319 e. The zero-order valence-corrected chi connectivity index (χ0v) is 21.1. The quantitative estimate of drug-likeness (QED) is 0.286. The molecule has 4 aromatic rings. The summed E-state index contributed by atoms with van der Waals surface area (Å²) in [7, 11) is 0. The lowest BCUT2D eigenvalue weighted by atomic mass is 10.0. The van der Waals surface area contributed by atoms with Gasteiger partial charge in [-0.25, -0.2) is 4.79 Å². The van der Waals surface area contributed by atoms with E-state index in [0.717, 1.165) is 28.7 Å². The van der Waals surface area contributed by atoms with Crippen molar-refractivity contribution in [3.63, 3.8) is 0 Å². The third-order valence-corrected chi connectivity index (χ3v) is 6.24. The lowest BCUT2D eigenvalue weighted by Gasteiger charge is -2.28. The van der Waals surface area contributed by atoms with Crippen LogP contribution in [0.2, 0.25) is 0 Å². The lowest BCUT2D eigenvalue weighted by Crippen LogP contribution is -2.51. The lowest BCUT2D eigenvalue weighted by molar-refractivity contribution is -0.133. The first-order valence-corrected chi connectivity index (χ1v) is 12.6. The number of benzene rings is 4. The van der Waals surface area contributed by atoms with Crippen molar-refractivity contribution in [3.8, 4) is 0 Å². The second-order valence-electron chi connectivity index (χ2n) is 9.19. The highest BCUT2D eigenvalue weighted by Gasteiger charge is 2.26. The first-order chi connectivity index (χ1) is 18.1. The summed E-state index contributed by atoms with van der Waals surface area (Å²) in [6.45, 7) is 3.01. The number of nitrogens with zero attached hydrogens (tertiary/aromatic N) is 1. The van der Waals surface area contributed by atoms with Crippen LogP contribution in [-0.2, 0) is 24.2 Å². The molecule has 0 saturated heterocycles. The third-order valence-electron chi connectivity index (χ3n) is 6.24. The molecule has 37 heavy (non-hydrogen) atoms. The molecular weight excluding hydrogens is 458 g/mol. The summed E-state index contributed by atoms with van der Waals surface area (Å²) in [5.74, 6) is -0.109. The van der Waals surface area contributed by atoms with Crippen molar-refractivity contribution < 1.29 is 9.59 Å². The Balaban J connectivity index is 1.54. The zero-order valence-electron chi connectivity index (χ0n) is 21.1. The maximum Gasteiger partial charge on any atom is 0.319 e. The highest BCUT2D eigenvalue weighted by Crippen LogP contribution is 2.13. The van der Waals surface area contributed by atoms with Crippen LogP contribution in [0.25, 0.3) is 0 Å². The fourth-order valence-electron chi connectivity index (χ4n) is 4.21. The number of aryl methyl sites for hydroxylation is 1. The van der Waals surface area contributed by atoms with E-state index < -0.39 is 12.1 Å². The van der Waals surface area contributed by atoms with Gasteiger partial charge in [0.25, 0.3) is 0 Å². The van der Waals surface area contributed by atoms with Crippen molar-refractivity contribution in [2.75, 3.05) is 11.9 Å². The van der Waals surface area contributed by atoms with E-state index in [0.29, 0.717) is 25.2 Å². The number of amides is 3. The average Bonchev–Trinajstić information content (AvgIpc) is 2.93. The molecule has 0 aliphatic carbocycles. The number of hydrogen-bond donors (Lipinski definition) is 2. The number of urea groups is 1. The molecule has 4 rings (SSSR count). The second-order valence-corrected chi connectivity index (χ2v) is 9.19. The molecule has 5 heteroatoms. The molecule has 2 N–H and O–H groups in total. The first-order valence-electron chi connectivity index (χ1n) is 12.6. The summed E-state index contributed by atoms with van der Waals surface area (Å²) in [5, 5.41) is 5.82. The van der Waals surface area contributed by atoms with E-state index in [1.165, 1.54) is 0 Å². The molecule has 1 unspecified atom stereocenters. The SMILES string of the molecule is Cc1ccc(NC(=O)NC(Cc2ccccc2)C(=O)N(CCc2ccccc2)Cc2ccccc2)cc1. The van der Waals surface area contributed by atoms with Gasteiger partial charge in [-0.1, -0.05) is 109 Å². The monoisotopic (exact) mass is 491 g/mol. The summed E-state index contributed by atoms with van der Waals surface area (Å²) >= 11 is 0. The minimum atomic E-state index is -0.715. The van der Waals surface area contributed by atoms with Crippen molar-refractivity contribution in [2.45, 2.75) is 32.4 Å². The predicted octanol–water partition coefficient (Wildman–Crippen LogP) is 6.00. The van der Waals surface area contributed by atoms with Gasteiger partial charge in [-0.3, -0.25) is 4.79 Å². The highest BCUT2D eigenvalue weighted by atomic mass is 16.2. The number of hydrogen-bond acceptors (Lipinski definition) is 2. The van der Waals surface area contributed by atoms with Crippen LogP contribution in [0.4, 0.5) is 10.5 Å². The molecule has 3 amide bonds. The van der Waals surface area contributed by atoms with Gasteiger partial charge >= 0.3 is 6.03 Å². The summed E-state index contributed by atoms with van der Waals surface area (Å²) in [4.78, 5) is 28.8. The van der Waals surface area contributed by atoms with E-state index in [1.54, 1.807) is 0 Å². The predicted molar refractivity (Wildman–Crippen MR) is 149 cm³/mol. The van der Waals surface area contributed by atoms with Crippen LogP contribution in [0.1, 0.15) is 22.3 Å². The van der Waals surface area contributed by atoms with Crippen LogP contribution in [0, 0.1) is 6.92 Å². The minimum Gasteiger partial charge on any atom is -0.336 e. The van der Waals surface area contributed by atoms with Gasteiger partial charge < -0.3 is 15.5 Å². The molecule has 0 heterocycles. The van der Waals surface area contributed by atoms with Crippen molar-refractivity contribution in [3.05, 3.63) is 138 Å². The summed E-state index contributed by atoms with van der Waals surface area (Å²) in [6, 6.07) is 36.4. The topological polar surface area (TPSA) is 61.4 Å². The van der Waals surface area contributed by atoms with Crippen LogP contribution in [0.5, 0.6) is 0 Å². The van der Waals surface area contributed by atoms with Crippen molar-refractivity contribution >= 4 is 17.6 Å². The van der Waals surface area contributed by atoms with Gasteiger partial charge in [0.1, 0.15) is 6.04 Å². The van der Waals surface area contributed by atoms with Crippen molar-refractivity contribution in [2.24, 2.45) is 0 Å². The molecule has 0 aliphatic rings. The van der Waals surface area contributed by atoms with Gasteiger partial charge in [0.05, 0.1) is 0 Å². The molecule has 0 saturated carbocycles. The summed E-state index contributed by atoms with van der Waals surface area (Å²) < 4.78 is 0. The molecule has 0 aliphatic heterocycles. The Morgan fingerprint density at radius 3 is 1.84 bits per heavy atom. The number of rotatable bonds is 10. The van der Waals surface area contributed by atoms with Crippen LogP contribution >= 0.6 is 0 Å². The molecule has 1 atom stereocenters. The van der Waals surface area contributed by atoms with E-state index in [1.807, 2.05) is 115 Å². The Kier molecular flexibility index (Phi) is 9.08. The third kappa shape index (κ3) is 8.07. The maximum absolute atomic E-state index is 14.0. The molecule has 188 valence electrons. The average molecular weight is 492 g/mol. The second kappa shape index (κ2) is 13.1. The van der Waals surface area contributed by atoms with E-state index in [9.17, 15) is 9.59 Å². The molecule has 0 fully saturated rings. The van der Waals surface area contributed by atoms with E-state index in [2.05, 4.69) is 22.8 Å². The van der Waals surface area contributed by atoms with Crippen LogP contribution in [0.3, 0.4) is 0 Å². The molecule has 4 aromatic carbocycles. The summed E-state index contributed by atoms with van der Waals surface area (Å²) in [6.07, 6.45) is 1.13. The van der Waals surface area contributed by atoms with Crippen LogP contribution < -0.4 is 10.6 Å². The number of anilines is 1. The van der Waals surface area contributed by atoms with Crippen LogP contribution in [-0.4, -0.2) is 29.4 Å². The van der Waals surface area contributed by atoms with Gasteiger partial charge in [-0.15, -0.1) is 0 Å². The van der Waals surface area contributed by atoms with Gasteiger partial charge in [-0.05, 0) is 42.2 Å². The van der Waals surface area contributed by atoms with E-state index >= 15 is 0 Å². The largest absolute Gasteiger partial charge is 0.336 e. The molecule has 0 bridgehead atoms. The van der Waals surface area contributed by atoms with Gasteiger partial charge in [-0.2, -0.15) is 0 Å². The first kappa shape index (κ1) is 25.7. The molecule has 5 nitrogen and oxygen atoms in total. The molecule has 0 radical (unpaired) electrons. The standard InChI is InChI=1S/C32H33N3O2/c1-25-17-19-29(20-18-25)33-32(37)34-30(23-27-13-7-3-8-14-27)31(36)35(24-28-15-9-4-10-16-28)22-21-26-11-5-2-6-12-26/h2-20,30H,21-24H2,1H3,(H2,33,34,37). The number of carbonyl (C=O) groups is 2. The molecule has 0 spiro atoms. The Labute approximate surface area is 219 Å².